The first kappa shape index (κ1) is 18.6. The molecular weight excluding hydrogens is 404 g/mol. The van der Waals surface area contributed by atoms with Crippen molar-refractivity contribution in [3.05, 3.63) is 57.0 Å². The molecule has 0 radical (unpaired) electrons. The number of hydrogen-bond acceptors (Lipinski definition) is 7. The minimum atomic E-state index is 0.0786. The quantitative estimate of drug-likeness (QED) is 0.342. The average molecular weight is 425 g/mol. The number of nitrogens with zero attached hydrogens (tertiary/aromatic N) is 4. The number of thiophene rings is 1. The van der Waals surface area contributed by atoms with E-state index in [1.165, 1.54) is 28.6 Å². The summed E-state index contributed by atoms with van der Waals surface area (Å²) in [4.78, 5) is 24.7. The van der Waals surface area contributed by atoms with Crippen LogP contribution in [0, 0.1) is 0 Å². The molecule has 29 heavy (non-hydrogen) atoms. The summed E-state index contributed by atoms with van der Waals surface area (Å²) in [6.07, 6.45) is 4.41. The van der Waals surface area contributed by atoms with Gasteiger partial charge in [-0.3, -0.25) is 9.36 Å². The van der Waals surface area contributed by atoms with Crippen molar-refractivity contribution in [1.29, 1.82) is 0 Å². The van der Waals surface area contributed by atoms with E-state index in [0.29, 0.717) is 29.2 Å². The minimum absolute atomic E-state index is 0.0786. The summed E-state index contributed by atoms with van der Waals surface area (Å²) in [7, 11) is 0. The predicted octanol–water partition coefficient (Wildman–Crippen LogP) is 4.70. The van der Waals surface area contributed by atoms with E-state index in [4.69, 9.17) is 9.51 Å². The summed E-state index contributed by atoms with van der Waals surface area (Å²) >= 11 is 3.15. The third kappa shape index (κ3) is 3.40. The standard InChI is InChI=1S/C21H20N4O2S2/c1-2-25-20(26)17-14-10-6-7-11-15(14)29-19(17)23-21(25)28-12-16-22-18(24-27-16)13-8-4-3-5-9-13/h3-5,8-9H,2,6-7,10-12H2,1H3. The first-order chi connectivity index (χ1) is 14.2. The maximum atomic E-state index is 13.2. The molecule has 3 heterocycles. The largest absolute Gasteiger partial charge is 0.338 e. The van der Waals surface area contributed by atoms with Gasteiger partial charge in [0, 0.05) is 17.0 Å². The molecule has 0 N–H and O–H groups in total. The van der Waals surface area contributed by atoms with Crippen molar-refractivity contribution in [2.75, 3.05) is 0 Å². The van der Waals surface area contributed by atoms with Crippen molar-refractivity contribution in [2.24, 2.45) is 0 Å². The molecule has 1 aromatic carbocycles. The molecule has 0 saturated carbocycles. The van der Waals surface area contributed by atoms with E-state index in [1.807, 2.05) is 37.3 Å². The Kier molecular flexibility index (Phi) is 4.97. The zero-order valence-corrected chi connectivity index (χ0v) is 17.7. The van der Waals surface area contributed by atoms with Crippen LogP contribution in [0.15, 0.2) is 44.8 Å². The van der Waals surface area contributed by atoms with Gasteiger partial charge in [0.15, 0.2) is 5.16 Å². The summed E-state index contributed by atoms with van der Waals surface area (Å²) in [5.74, 6) is 1.57. The van der Waals surface area contributed by atoms with Crippen molar-refractivity contribution in [3.8, 4) is 11.4 Å². The van der Waals surface area contributed by atoms with E-state index >= 15 is 0 Å². The molecule has 4 aromatic rings. The van der Waals surface area contributed by atoms with Crippen molar-refractivity contribution < 1.29 is 4.52 Å². The fraction of sp³-hybridized carbons (Fsp3) is 0.333. The Labute approximate surface area is 176 Å². The third-order valence-corrected chi connectivity index (χ3v) is 7.33. The molecule has 1 aliphatic carbocycles. The summed E-state index contributed by atoms with van der Waals surface area (Å²) < 4.78 is 7.17. The van der Waals surface area contributed by atoms with Crippen LogP contribution in [-0.2, 0) is 25.1 Å². The van der Waals surface area contributed by atoms with Gasteiger partial charge < -0.3 is 4.52 Å². The molecule has 0 amide bonds. The van der Waals surface area contributed by atoms with Crippen LogP contribution in [0.4, 0.5) is 0 Å². The Morgan fingerprint density at radius 3 is 2.83 bits per heavy atom. The molecule has 0 spiro atoms. The minimum Gasteiger partial charge on any atom is -0.338 e. The lowest BCUT2D eigenvalue weighted by Crippen LogP contribution is -2.23. The Bertz CT molecular complexity index is 1230. The maximum absolute atomic E-state index is 13.2. The molecule has 0 atom stereocenters. The molecule has 6 nitrogen and oxygen atoms in total. The Balaban J connectivity index is 1.45. The van der Waals surface area contributed by atoms with E-state index in [0.717, 1.165) is 35.0 Å². The van der Waals surface area contributed by atoms with Crippen LogP contribution in [-0.4, -0.2) is 19.7 Å². The van der Waals surface area contributed by atoms with Crippen LogP contribution in [0.2, 0.25) is 0 Å². The number of benzene rings is 1. The SMILES string of the molecule is CCn1c(SCc2nc(-c3ccccc3)no2)nc2sc3c(c2c1=O)CCCC3. The van der Waals surface area contributed by atoms with Crippen molar-refractivity contribution in [1.82, 2.24) is 19.7 Å². The fourth-order valence-corrected chi connectivity index (χ4v) is 5.96. The van der Waals surface area contributed by atoms with Crippen LogP contribution in [0.1, 0.15) is 36.1 Å². The molecule has 5 rings (SSSR count). The summed E-state index contributed by atoms with van der Waals surface area (Å²) in [6.45, 7) is 2.58. The van der Waals surface area contributed by atoms with Gasteiger partial charge in [-0.15, -0.1) is 11.3 Å². The van der Waals surface area contributed by atoms with Gasteiger partial charge in [0.05, 0.1) is 11.1 Å². The predicted molar refractivity (Wildman–Crippen MR) is 115 cm³/mol. The summed E-state index contributed by atoms with van der Waals surface area (Å²) in [5.41, 5.74) is 2.23. The molecule has 8 heteroatoms. The van der Waals surface area contributed by atoms with Crippen LogP contribution in [0.25, 0.3) is 21.6 Å². The zero-order valence-electron chi connectivity index (χ0n) is 16.1. The first-order valence-electron chi connectivity index (χ1n) is 9.80. The van der Waals surface area contributed by atoms with E-state index in [1.54, 1.807) is 15.9 Å². The highest BCUT2D eigenvalue weighted by Gasteiger charge is 2.22. The first-order valence-corrected chi connectivity index (χ1v) is 11.6. The van der Waals surface area contributed by atoms with Gasteiger partial charge in [-0.2, -0.15) is 4.98 Å². The van der Waals surface area contributed by atoms with Gasteiger partial charge in [0.1, 0.15) is 4.83 Å². The molecule has 0 fully saturated rings. The smallest absolute Gasteiger partial charge is 0.263 e. The second kappa shape index (κ2) is 7.76. The Morgan fingerprint density at radius 1 is 1.17 bits per heavy atom. The number of rotatable bonds is 5. The lowest BCUT2D eigenvalue weighted by atomic mass is 9.97. The van der Waals surface area contributed by atoms with Crippen molar-refractivity contribution in [2.45, 2.75) is 50.1 Å². The molecular formula is C21H20N4O2S2. The van der Waals surface area contributed by atoms with Gasteiger partial charge >= 0.3 is 0 Å². The number of thioether (sulfide) groups is 1. The van der Waals surface area contributed by atoms with Gasteiger partial charge in [-0.25, -0.2) is 4.98 Å². The average Bonchev–Trinajstić information content (AvgIpc) is 3.37. The van der Waals surface area contributed by atoms with Crippen LogP contribution in [0.5, 0.6) is 0 Å². The second-order valence-corrected chi connectivity index (χ2v) is 9.03. The third-order valence-electron chi connectivity index (χ3n) is 5.18. The molecule has 0 bridgehead atoms. The topological polar surface area (TPSA) is 73.8 Å². The van der Waals surface area contributed by atoms with E-state index in [9.17, 15) is 4.79 Å². The van der Waals surface area contributed by atoms with E-state index in [2.05, 4.69) is 10.1 Å². The monoisotopic (exact) mass is 424 g/mol. The number of hydrogen-bond donors (Lipinski definition) is 0. The highest BCUT2D eigenvalue weighted by atomic mass is 32.2. The second-order valence-electron chi connectivity index (χ2n) is 7.00. The maximum Gasteiger partial charge on any atom is 0.263 e. The van der Waals surface area contributed by atoms with E-state index < -0.39 is 0 Å². The lowest BCUT2D eigenvalue weighted by molar-refractivity contribution is 0.391. The van der Waals surface area contributed by atoms with Crippen LogP contribution >= 0.6 is 23.1 Å². The number of aromatic nitrogens is 4. The van der Waals surface area contributed by atoms with E-state index in [-0.39, 0.29) is 5.56 Å². The highest BCUT2D eigenvalue weighted by Crippen LogP contribution is 2.35. The van der Waals surface area contributed by atoms with Gasteiger partial charge in [0.2, 0.25) is 11.7 Å². The number of fused-ring (bicyclic) bond motifs is 3. The van der Waals surface area contributed by atoms with Gasteiger partial charge in [-0.1, -0.05) is 47.3 Å². The fourth-order valence-electron chi connectivity index (χ4n) is 3.75. The zero-order chi connectivity index (χ0) is 19.8. The van der Waals surface area contributed by atoms with Gasteiger partial charge in [-0.05, 0) is 38.2 Å². The van der Waals surface area contributed by atoms with Crippen molar-refractivity contribution >= 4 is 33.3 Å². The van der Waals surface area contributed by atoms with Gasteiger partial charge in [0.25, 0.3) is 5.56 Å². The lowest BCUT2D eigenvalue weighted by Gasteiger charge is -2.11. The number of aryl methyl sites for hydroxylation is 2. The van der Waals surface area contributed by atoms with Crippen LogP contribution < -0.4 is 5.56 Å². The van der Waals surface area contributed by atoms with Crippen molar-refractivity contribution in [3.63, 3.8) is 0 Å². The molecule has 0 unspecified atom stereocenters. The molecule has 1 aliphatic rings. The normalized spacial score (nSPS) is 13.7. The summed E-state index contributed by atoms with van der Waals surface area (Å²) in [5, 5.41) is 5.61. The molecule has 3 aromatic heterocycles. The Morgan fingerprint density at radius 2 is 2.00 bits per heavy atom. The van der Waals surface area contributed by atoms with Crippen LogP contribution in [0.3, 0.4) is 0 Å². The summed E-state index contributed by atoms with van der Waals surface area (Å²) in [6, 6.07) is 9.74. The molecule has 0 aliphatic heterocycles. The molecule has 148 valence electrons. The molecule has 0 saturated heterocycles. The highest BCUT2D eigenvalue weighted by molar-refractivity contribution is 7.98. The Hall–Kier alpha value is -2.45.